The third kappa shape index (κ3) is 3.96. The average Bonchev–Trinajstić information content (AvgIpc) is 2.67. The van der Waals surface area contributed by atoms with E-state index in [1.807, 2.05) is 11.6 Å². The molecule has 0 bridgehead atoms. The maximum atomic E-state index is 6.17. The molecule has 17 heavy (non-hydrogen) atoms. The Balaban J connectivity index is 2.86. The third-order valence-corrected chi connectivity index (χ3v) is 2.75. The van der Waals surface area contributed by atoms with Crippen molar-refractivity contribution < 1.29 is 9.47 Å². The van der Waals surface area contributed by atoms with Crippen LogP contribution in [-0.2, 0) is 16.0 Å². The van der Waals surface area contributed by atoms with Gasteiger partial charge in [-0.05, 0) is 6.54 Å². The van der Waals surface area contributed by atoms with E-state index in [1.54, 1.807) is 20.4 Å². The Labute approximate surface area is 107 Å². The van der Waals surface area contributed by atoms with Crippen molar-refractivity contribution in [1.29, 1.82) is 0 Å². The molecule has 1 rings (SSSR count). The van der Waals surface area contributed by atoms with Crippen LogP contribution in [-0.4, -0.2) is 43.8 Å². The molecule has 0 aliphatic carbocycles. The van der Waals surface area contributed by atoms with Crippen LogP contribution in [0.25, 0.3) is 0 Å². The number of halogens is 1. The normalized spacial score (nSPS) is 12.9. The van der Waals surface area contributed by atoms with Crippen molar-refractivity contribution in [2.45, 2.75) is 19.5 Å². The van der Waals surface area contributed by atoms with E-state index >= 15 is 0 Å². The van der Waals surface area contributed by atoms with Gasteiger partial charge in [0.1, 0.15) is 0 Å². The van der Waals surface area contributed by atoms with E-state index in [-0.39, 0.29) is 6.04 Å². The largest absolute Gasteiger partial charge is 0.383 e. The smallest absolute Gasteiger partial charge is 0.0835 e. The predicted octanol–water partition coefficient (Wildman–Crippen LogP) is 1.48. The number of hydrogen-bond donors (Lipinski definition) is 1. The molecule has 0 aliphatic rings. The lowest BCUT2D eigenvalue weighted by Gasteiger charge is -2.19. The molecule has 98 valence electrons. The summed E-state index contributed by atoms with van der Waals surface area (Å²) in [5.74, 6) is 0. The molecule has 6 heteroatoms. The summed E-state index contributed by atoms with van der Waals surface area (Å²) in [7, 11) is 3.34. The minimum Gasteiger partial charge on any atom is -0.383 e. The number of likely N-dealkylation sites (N-methyl/N-ethyl adjacent to an activating group) is 1. The molecule has 0 fully saturated rings. The molecule has 1 N–H and O–H groups in total. The van der Waals surface area contributed by atoms with Crippen LogP contribution in [0.15, 0.2) is 6.20 Å². The van der Waals surface area contributed by atoms with Gasteiger partial charge in [0.25, 0.3) is 0 Å². The highest BCUT2D eigenvalue weighted by atomic mass is 35.5. The van der Waals surface area contributed by atoms with Crippen LogP contribution >= 0.6 is 11.6 Å². The van der Waals surface area contributed by atoms with Crippen molar-refractivity contribution in [3.8, 4) is 0 Å². The van der Waals surface area contributed by atoms with Gasteiger partial charge in [0, 0.05) is 14.2 Å². The van der Waals surface area contributed by atoms with Gasteiger partial charge >= 0.3 is 0 Å². The Kier molecular flexibility index (Phi) is 6.50. The monoisotopic (exact) mass is 261 g/mol. The topological polar surface area (TPSA) is 48.3 Å². The number of nitrogens with zero attached hydrogens (tertiary/aromatic N) is 2. The summed E-state index contributed by atoms with van der Waals surface area (Å²) >= 11 is 6.17. The summed E-state index contributed by atoms with van der Waals surface area (Å²) in [6.45, 7) is 4.75. The number of nitrogens with one attached hydrogen (secondary N) is 1. The fraction of sp³-hybridized carbons (Fsp3) is 0.727. The van der Waals surface area contributed by atoms with E-state index in [1.165, 1.54) is 0 Å². The second kappa shape index (κ2) is 7.66. The van der Waals surface area contributed by atoms with Gasteiger partial charge in [-0.25, -0.2) is 0 Å². The van der Waals surface area contributed by atoms with Gasteiger partial charge in [-0.2, -0.15) is 5.10 Å². The van der Waals surface area contributed by atoms with Crippen LogP contribution in [0.4, 0.5) is 0 Å². The Morgan fingerprint density at radius 1 is 1.47 bits per heavy atom. The molecule has 0 saturated heterocycles. The lowest BCUT2D eigenvalue weighted by molar-refractivity contribution is 0.158. The number of rotatable bonds is 8. The molecule has 1 aromatic heterocycles. The highest BCUT2D eigenvalue weighted by Gasteiger charge is 2.19. The summed E-state index contributed by atoms with van der Waals surface area (Å²) in [5.41, 5.74) is 0.951. The van der Waals surface area contributed by atoms with Gasteiger partial charge in [0.2, 0.25) is 0 Å². The van der Waals surface area contributed by atoms with Crippen LogP contribution in [0, 0.1) is 0 Å². The number of aromatic nitrogens is 2. The lowest BCUT2D eigenvalue weighted by atomic mass is 10.2. The maximum absolute atomic E-state index is 6.17. The Morgan fingerprint density at radius 3 is 2.82 bits per heavy atom. The standard InChI is InChI=1S/C11H20ClN3O2/c1-4-13-10(8-17-3)11-9(12)7-14-15(11)5-6-16-2/h7,10,13H,4-6,8H2,1-3H3. The van der Waals surface area contributed by atoms with Crippen molar-refractivity contribution in [3.05, 3.63) is 16.9 Å². The number of ether oxygens (including phenoxy) is 2. The van der Waals surface area contributed by atoms with E-state index in [0.29, 0.717) is 24.8 Å². The zero-order chi connectivity index (χ0) is 12.7. The van der Waals surface area contributed by atoms with Gasteiger partial charge < -0.3 is 14.8 Å². The molecule has 0 spiro atoms. The highest BCUT2D eigenvalue weighted by molar-refractivity contribution is 6.31. The first-order valence-corrected chi connectivity index (χ1v) is 6.04. The molecule has 0 aromatic carbocycles. The van der Waals surface area contributed by atoms with Gasteiger partial charge in [-0.3, -0.25) is 4.68 Å². The molecular formula is C11H20ClN3O2. The first-order chi connectivity index (χ1) is 8.24. The van der Waals surface area contributed by atoms with E-state index in [0.717, 1.165) is 12.2 Å². The molecule has 1 aromatic rings. The van der Waals surface area contributed by atoms with E-state index in [2.05, 4.69) is 10.4 Å². The summed E-state index contributed by atoms with van der Waals surface area (Å²) in [5, 5.41) is 8.24. The van der Waals surface area contributed by atoms with E-state index in [9.17, 15) is 0 Å². The molecule has 0 aliphatic heterocycles. The number of methoxy groups -OCH3 is 2. The maximum Gasteiger partial charge on any atom is 0.0835 e. The second-order valence-electron chi connectivity index (χ2n) is 3.66. The van der Waals surface area contributed by atoms with E-state index in [4.69, 9.17) is 21.1 Å². The fourth-order valence-corrected chi connectivity index (χ4v) is 1.99. The molecule has 0 amide bonds. The highest BCUT2D eigenvalue weighted by Crippen LogP contribution is 2.23. The molecule has 0 radical (unpaired) electrons. The first-order valence-electron chi connectivity index (χ1n) is 5.67. The Hall–Kier alpha value is -0.620. The second-order valence-corrected chi connectivity index (χ2v) is 4.07. The molecule has 5 nitrogen and oxygen atoms in total. The minimum absolute atomic E-state index is 0.0526. The molecule has 1 unspecified atom stereocenters. The van der Waals surface area contributed by atoms with Crippen molar-refractivity contribution in [1.82, 2.24) is 15.1 Å². The van der Waals surface area contributed by atoms with Gasteiger partial charge in [-0.1, -0.05) is 18.5 Å². The van der Waals surface area contributed by atoms with Crippen LogP contribution in [0.2, 0.25) is 5.02 Å². The predicted molar refractivity (Wildman–Crippen MR) is 67.4 cm³/mol. The van der Waals surface area contributed by atoms with Crippen molar-refractivity contribution in [2.75, 3.05) is 34.0 Å². The van der Waals surface area contributed by atoms with Crippen LogP contribution in [0.5, 0.6) is 0 Å². The SMILES string of the molecule is CCNC(COC)c1c(Cl)cnn1CCOC. The van der Waals surface area contributed by atoms with Crippen LogP contribution in [0.1, 0.15) is 18.7 Å². The van der Waals surface area contributed by atoms with Crippen molar-refractivity contribution in [2.24, 2.45) is 0 Å². The number of hydrogen-bond acceptors (Lipinski definition) is 4. The van der Waals surface area contributed by atoms with Gasteiger partial charge in [-0.15, -0.1) is 0 Å². The zero-order valence-electron chi connectivity index (χ0n) is 10.6. The van der Waals surface area contributed by atoms with Crippen LogP contribution in [0.3, 0.4) is 0 Å². The summed E-state index contributed by atoms with van der Waals surface area (Å²) in [6, 6.07) is 0.0526. The van der Waals surface area contributed by atoms with Gasteiger partial charge in [0.15, 0.2) is 0 Å². The van der Waals surface area contributed by atoms with E-state index < -0.39 is 0 Å². The quantitative estimate of drug-likeness (QED) is 0.770. The lowest BCUT2D eigenvalue weighted by Crippen LogP contribution is -2.28. The first kappa shape index (κ1) is 14.4. The minimum atomic E-state index is 0.0526. The summed E-state index contributed by atoms with van der Waals surface area (Å²) in [4.78, 5) is 0. The summed E-state index contributed by atoms with van der Waals surface area (Å²) < 4.78 is 12.1. The molecule has 1 heterocycles. The third-order valence-electron chi connectivity index (χ3n) is 2.45. The molecule has 0 saturated carbocycles. The van der Waals surface area contributed by atoms with Gasteiger partial charge in [0.05, 0.1) is 42.7 Å². The fourth-order valence-electron chi connectivity index (χ4n) is 1.72. The van der Waals surface area contributed by atoms with Crippen LogP contribution < -0.4 is 5.32 Å². The average molecular weight is 262 g/mol. The molecule has 1 atom stereocenters. The van der Waals surface area contributed by atoms with Crippen molar-refractivity contribution in [3.63, 3.8) is 0 Å². The zero-order valence-corrected chi connectivity index (χ0v) is 11.3. The Bertz CT molecular complexity index is 325. The van der Waals surface area contributed by atoms with Crippen molar-refractivity contribution >= 4 is 11.6 Å². The molecular weight excluding hydrogens is 242 g/mol. The summed E-state index contributed by atoms with van der Waals surface area (Å²) in [6.07, 6.45) is 1.66. The Morgan fingerprint density at radius 2 is 2.24 bits per heavy atom.